The van der Waals surface area contributed by atoms with Crippen molar-refractivity contribution in [1.82, 2.24) is 4.31 Å². The van der Waals surface area contributed by atoms with Gasteiger partial charge in [-0.25, -0.2) is 17.5 Å². The van der Waals surface area contributed by atoms with Crippen molar-refractivity contribution < 1.29 is 17.9 Å². The molecule has 6 nitrogen and oxygen atoms in total. The van der Waals surface area contributed by atoms with Crippen molar-refractivity contribution in [2.45, 2.75) is 11.4 Å². The summed E-state index contributed by atoms with van der Waals surface area (Å²) < 4.78 is 32.3. The van der Waals surface area contributed by atoms with Gasteiger partial charge in [-0.3, -0.25) is 4.90 Å². The summed E-state index contributed by atoms with van der Waals surface area (Å²) in [6.07, 6.45) is 0. The normalized spacial score (nSPS) is 16.0. The van der Waals surface area contributed by atoms with Crippen molar-refractivity contribution in [3.8, 4) is 5.75 Å². The molecule has 0 saturated heterocycles. The molecule has 0 bridgehead atoms. The van der Waals surface area contributed by atoms with Crippen molar-refractivity contribution in [3.05, 3.63) is 52.5 Å². The third-order valence-corrected chi connectivity index (χ3v) is 6.08. The fourth-order valence-electron chi connectivity index (χ4n) is 2.51. The Balaban J connectivity index is 2.03. The Morgan fingerprint density at radius 3 is 2.42 bits per heavy atom. The fourth-order valence-corrected chi connectivity index (χ4v) is 4.66. The number of sulfonamides is 1. The number of ether oxygens (including phenoxy) is 1. The van der Waals surface area contributed by atoms with Gasteiger partial charge in [0.05, 0.1) is 19.3 Å². The maximum atomic E-state index is 12.9. The number of carbonyl (C=O) groups excluding carboxylic acids is 1. The predicted molar refractivity (Wildman–Crippen MR) is 93.7 cm³/mol. The summed E-state index contributed by atoms with van der Waals surface area (Å²) in [5, 5.41) is 0. The Morgan fingerprint density at radius 2 is 1.79 bits per heavy atom. The monoisotopic (exact) mass is 410 g/mol. The molecule has 2 amide bonds. The molecule has 0 fully saturated rings. The molecule has 0 aliphatic carbocycles. The van der Waals surface area contributed by atoms with Gasteiger partial charge in [0.25, 0.3) is 10.0 Å². The molecule has 0 saturated carbocycles. The smallest absolute Gasteiger partial charge is 0.338 e. The third kappa shape index (κ3) is 2.76. The summed E-state index contributed by atoms with van der Waals surface area (Å²) in [7, 11) is -0.807. The van der Waals surface area contributed by atoms with Gasteiger partial charge in [-0.2, -0.15) is 0 Å². The minimum atomic E-state index is -3.92. The highest BCUT2D eigenvalue weighted by atomic mass is 79.9. The van der Waals surface area contributed by atoms with Gasteiger partial charge in [0.15, 0.2) is 0 Å². The lowest BCUT2D eigenvalue weighted by atomic mass is 10.2. The first-order valence-electron chi connectivity index (χ1n) is 7.07. The van der Waals surface area contributed by atoms with Crippen LogP contribution in [0.4, 0.5) is 10.5 Å². The van der Waals surface area contributed by atoms with E-state index in [2.05, 4.69) is 15.9 Å². The summed E-state index contributed by atoms with van der Waals surface area (Å²) in [4.78, 5) is 14.0. The molecule has 0 unspecified atom stereocenters. The molecule has 0 atom stereocenters. The van der Waals surface area contributed by atoms with Crippen LogP contribution < -0.4 is 9.64 Å². The number of halogens is 1. The second-order valence-corrected chi connectivity index (χ2v) is 8.06. The summed E-state index contributed by atoms with van der Waals surface area (Å²) in [5.41, 5.74) is 1.06. The van der Waals surface area contributed by atoms with Gasteiger partial charge < -0.3 is 4.74 Å². The van der Waals surface area contributed by atoms with Crippen LogP contribution in [0.25, 0.3) is 0 Å². The van der Waals surface area contributed by atoms with Crippen molar-refractivity contribution >= 4 is 37.7 Å². The van der Waals surface area contributed by atoms with Crippen molar-refractivity contribution in [2.24, 2.45) is 0 Å². The minimum absolute atomic E-state index is 0.0402. The number of carbonyl (C=O) groups is 1. The Bertz CT molecular complexity index is 897. The zero-order valence-corrected chi connectivity index (χ0v) is 15.5. The van der Waals surface area contributed by atoms with E-state index >= 15 is 0 Å². The highest BCUT2D eigenvalue weighted by Gasteiger charge is 2.40. The van der Waals surface area contributed by atoms with Crippen LogP contribution in [0.2, 0.25) is 0 Å². The molecule has 24 heavy (non-hydrogen) atoms. The molecule has 3 rings (SSSR count). The van der Waals surface area contributed by atoms with Crippen molar-refractivity contribution in [3.63, 3.8) is 0 Å². The molecule has 0 radical (unpaired) electrons. The van der Waals surface area contributed by atoms with Crippen LogP contribution in [0.1, 0.15) is 5.56 Å². The van der Waals surface area contributed by atoms with Crippen LogP contribution in [0, 0.1) is 0 Å². The molecule has 126 valence electrons. The van der Waals surface area contributed by atoms with Crippen molar-refractivity contribution in [2.75, 3.05) is 19.1 Å². The summed E-state index contributed by atoms with van der Waals surface area (Å²) in [6.45, 7) is -0.0402. The zero-order chi connectivity index (χ0) is 17.5. The lowest BCUT2D eigenvalue weighted by molar-refractivity contribution is 0.228. The molecule has 8 heteroatoms. The van der Waals surface area contributed by atoms with Gasteiger partial charge in [0.2, 0.25) is 0 Å². The number of methoxy groups -OCH3 is 1. The maximum absolute atomic E-state index is 12.9. The molecule has 1 aliphatic rings. The number of amides is 2. The first kappa shape index (κ1) is 16.8. The van der Waals surface area contributed by atoms with Crippen LogP contribution in [-0.2, 0) is 16.6 Å². The van der Waals surface area contributed by atoms with E-state index in [0.29, 0.717) is 21.5 Å². The quantitative estimate of drug-likeness (QED) is 0.778. The number of benzene rings is 2. The van der Waals surface area contributed by atoms with Gasteiger partial charge in [-0.1, -0.05) is 28.1 Å². The lowest BCUT2D eigenvalue weighted by Gasteiger charge is -2.34. The highest BCUT2D eigenvalue weighted by molar-refractivity contribution is 9.10. The number of fused-ring (bicyclic) bond motifs is 1. The highest BCUT2D eigenvalue weighted by Crippen LogP contribution is 2.36. The van der Waals surface area contributed by atoms with Gasteiger partial charge in [0, 0.05) is 11.5 Å². The van der Waals surface area contributed by atoms with Crippen LogP contribution in [-0.4, -0.2) is 32.9 Å². The zero-order valence-electron chi connectivity index (χ0n) is 13.1. The molecular formula is C16H15BrN2O4S. The topological polar surface area (TPSA) is 66.9 Å². The largest absolute Gasteiger partial charge is 0.497 e. The van der Waals surface area contributed by atoms with E-state index in [1.807, 2.05) is 0 Å². The number of urea groups is 1. The van der Waals surface area contributed by atoms with E-state index in [4.69, 9.17) is 4.74 Å². The molecule has 0 spiro atoms. The van der Waals surface area contributed by atoms with Gasteiger partial charge in [0.1, 0.15) is 10.6 Å². The van der Waals surface area contributed by atoms with E-state index < -0.39 is 16.1 Å². The first-order valence-corrected chi connectivity index (χ1v) is 9.31. The average Bonchev–Trinajstić information content (AvgIpc) is 2.57. The van der Waals surface area contributed by atoms with E-state index in [-0.39, 0.29) is 11.4 Å². The standard InChI is InChI=1S/C16H15BrN2O4S/c1-18-14-8-5-12(17)9-15(14)24(21,22)19(16(18)20)10-11-3-6-13(23-2)7-4-11/h3-9H,10H2,1-2H3. The molecule has 2 aromatic carbocycles. The van der Waals surface area contributed by atoms with E-state index in [1.54, 1.807) is 50.6 Å². The molecule has 1 aliphatic heterocycles. The van der Waals surface area contributed by atoms with Gasteiger partial charge >= 0.3 is 6.03 Å². The Labute approximate surface area is 148 Å². The van der Waals surface area contributed by atoms with Crippen LogP contribution in [0.15, 0.2) is 51.8 Å². The van der Waals surface area contributed by atoms with Gasteiger partial charge in [-0.05, 0) is 35.9 Å². The average molecular weight is 411 g/mol. The first-order chi connectivity index (χ1) is 11.3. The fraction of sp³-hybridized carbons (Fsp3) is 0.188. The van der Waals surface area contributed by atoms with E-state index in [1.165, 1.54) is 11.0 Å². The number of hydrogen-bond donors (Lipinski definition) is 0. The van der Waals surface area contributed by atoms with Crippen LogP contribution in [0.3, 0.4) is 0 Å². The molecular weight excluding hydrogens is 396 g/mol. The molecule has 2 aromatic rings. The SMILES string of the molecule is COc1ccc(CN2C(=O)N(C)c3ccc(Br)cc3S2(=O)=O)cc1. The Kier molecular flexibility index (Phi) is 4.27. The number of anilines is 1. The lowest BCUT2D eigenvalue weighted by Crippen LogP contribution is -2.48. The van der Waals surface area contributed by atoms with E-state index in [0.717, 1.165) is 4.31 Å². The second kappa shape index (κ2) is 6.10. The molecule has 1 heterocycles. The number of rotatable bonds is 3. The summed E-state index contributed by atoms with van der Waals surface area (Å²) in [5.74, 6) is 0.665. The number of hydrogen-bond acceptors (Lipinski definition) is 4. The van der Waals surface area contributed by atoms with Crippen molar-refractivity contribution in [1.29, 1.82) is 0 Å². The van der Waals surface area contributed by atoms with Gasteiger partial charge in [-0.15, -0.1) is 0 Å². The molecule has 0 N–H and O–H groups in total. The predicted octanol–water partition coefficient (Wildman–Crippen LogP) is 3.22. The van der Waals surface area contributed by atoms with Crippen LogP contribution >= 0.6 is 15.9 Å². The Hall–Kier alpha value is -2.06. The maximum Gasteiger partial charge on any atom is 0.338 e. The molecule has 0 aromatic heterocycles. The van der Waals surface area contributed by atoms with Crippen LogP contribution in [0.5, 0.6) is 5.75 Å². The second-order valence-electron chi connectivity index (χ2n) is 5.31. The number of nitrogens with zero attached hydrogens (tertiary/aromatic N) is 2. The minimum Gasteiger partial charge on any atom is -0.497 e. The Morgan fingerprint density at radius 1 is 1.12 bits per heavy atom. The summed E-state index contributed by atoms with van der Waals surface area (Å²) in [6, 6.07) is 11.2. The summed E-state index contributed by atoms with van der Waals surface area (Å²) >= 11 is 3.28. The van der Waals surface area contributed by atoms with E-state index in [9.17, 15) is 13.2 Å². The third-order valence-electron chi connectivity index (χ3n) is 3.84.